The predicted octanol–water partition coefficient (Wildman–Crippen LogP) is 2.54. The minimum Gasteiger partial charge on any atom is -0.398 e. The van der Waals surface area contributed by atoms with Gasteiger partial charge in [0, 0.05) is 11.1 Å². The molecule has 24 heavy (non-hydrogen) atoms. The molecule has 0 unspecified atom stereocenters. The molecule has 0 heterocycles. The Kier molecular flexibility index (Phi) is 6.51. The molecule has 0 aliphatic heterocycles. The maximum atomic E-state index is 11.6. The third kappa shape index (κ3) is 4.43. The van der Waals surface area contributed by atoms with Crippen molar-refractivity contribution in [2.45, 2.75) is 13.3 Å². The molecule has 2 N–H and O–H groups in total. The molecule has 0 radical (unpaired) electrons. The zero-order valence-corrected chi connectivity index (χ0v) is 13.8. The topological polar surface area (TPSA) is 72.6 Å². The molecule has 0 fully saturated rings. The van der Waals surface area contributed by atoms with Gasteiger partial charge in [0.25, 0.3) is 5.91 Å². The molecule has 2 aromatic rings. The van der Waals surface area contributed by atoms with E-state index >= 15 is 0 Å². The van der Waals surface area contributed by atoms with Crippen molar-refractivity contribution < 1.29 is 14.3 Å². The largest absolute Gasteiger partial charge is 0.398 e. The molecule has 0 spiro atoms. The number of nitrogen functional groups attached to an aromatic ring is 1. The number of anilines is 1. The Morgan fingerprint density at radius 3 is 2.67 bits per heavy atom. The first-order valence-corrected chi connectivity index (χ1v) is 7.89. The summed E-state index contributed by atoms with van der Waals surface area (Å²) < 4.78 is 5.57. The molecular formula is C19H22N2O3. The summed E-state index contributed by atoms with van der Waals surface area (Å²) in [6.45, 7) is 2.80. The number of rotatable bonds is 8. The zero-order chi connectivity index (χ0) is 17.4. The van der Waals surface area contributed by atoms with Crippen LogP contribution in [0.2, 0.25) is 0 Å². The molecule has 0 aliphatic carbocycles. The number of nitrogens with two attached hydrogens (primary N) is 1. The maximum Gasteiger partial charge on any atom is 0.252 e. The highest BCUT2D eigenvalue weighted by Crippen LogP contribution is 2.24. The lowest BCUT2D eigenvalue weighted by Crippen LogP contribution is -2.31. The number of hydrogen-bond acceptors (Lipinski definition) is 4. The first-order chi connectivity index (χ1) is 11.7. The molecule has 0 saturated carbocycles. The average Bonchev–Trinajstić information content (AvgIpc) is 2.59. The molecule has 0 bridgehead atoms. The van der Waals surface area contributed by atoms with E-state index in [4.69, 9.17) is 10.5 Å². The standard InChI is InChI=1S/C19H22N2O3/c1-2-5-19(23)21(14-22)11-13-24-12-10-15-6-3-8-17-16(15)7-4-9-18(17)20/h2-9,14H,10-13,20H2,1H3/b5-2-. The SMILES string of the molecule is C/C=C\C(=O)N(C=O)CCOCCc1cccc2c(N)cccc12. The number of fused-ring (bicyclic) bond motifs is 1. The van der Waals surface area contributed by atoms with Crippen LogP contribution < -0.4 is 5.73 Å². The van der Waals surface area contributed by atoms with E-state index in [0.29, 0.717) is 19.6 Å². The Hall–Kier alpha value is -2.66. The lowest BCUT2D eigenvalue weighted by molar-refractivity contribution is -0.135. The molecule has 2 amide bonds. The van der Waals surface area contributed by atoms with Crippen LogP contribution in [0.15, 0.2) is 48.6 Å². The van der Waals surface area contributed by atoms with Gasteiger partial charge in [-0.2, -0.15) is 0 Å². The van der Waals surface area contributed by atoms with Gasteiger partial charge in [-0.05, 0) is 36.4 Å². The second-order valence-corrected chi connectivity index (χ2v) is 5.36. The Bertz CT molecular complexity index is 740. The monoisotopic (exact) mass is 326 g/mol. The van der Waals surface area contributed by atoms with Crippen LogP contribution in [0, 0.1) is 0 Å². The molecule has 0 saturated heterocycles. The van der Waals surface area contributed by atoms with E-state index in [1.807, 2.05) is 30.3 Å². The number of amides is 2. The number of nitrogens with zero attached hydrogens (tertiary/aromatic N) is 1. The van der Waals surface area contributed by atoms with Crippen molar-refractivity contribution in [3.05, 3.63) is 54.1 Å². The Balaban J connectivity index is 1.86. The van der Waals surface area contributed by atoms with E-state index in [1.165, 1.54) is 6.08 Å². The van der Waals surface area contributed by atoms with Crippen molar-refractivity contribution >= 4 is 28.8 Å². The summed E-state index contributed by atoms with van der Waals surface area (Å²) in [5.41, 5.74) is 7.92. The highest BCUT2D eigenvalue weighted by atomic mass is 16.5. The fourth-order valence-electron chi connectivity index (χ4n) is 2.52. The fraction of sp³-hybridized carbons (Fsp3) is 0.263. The molecule has 0 aromatic heterocycles. The quantitative estimate of drug-likeness (QED) is 0.350. The van der Waals surface area contributed by atoms with Crippen molar-refractivity contribution in [2.75, 3.05) is 25.5 Å². The molecule has 2 rings (SSSR count). The Labute approximate surface area is 141 Å². The van der Waals surface area contributed by atoms with Crippen LogP contribution in [0.25, 0.3) is 10.8 Å². The molecular weight excluding hydrogens is 304 g/mol. The van der Waals surface area contributed by atoms with E-state index in [2.05, 4.69) is 6.07 Å². The summed E-state index contributed by atoms with van der Waals surface area (Å²) >= 11 is 0. The second kappa shape index (κ2) is 8.84. The predicted molar refractivity (Wildman–Crippen MR) is 95.5 cm³/mol. The van der Waals surface area contributed by atoms with Crippen LogP contribution in [0.5, 0.6) is 0 Å². The normalized spacial score (nSPS) is 11.0. The molecule has 126 valence electrons. The number of imide groups is 1. The summed E-state index contributed by atoms with van der Waals surface area (Å²) in [7, 11) is 0. The third-order valence-corrected chi connectivity index (χ3v) is 3.76. The highest BCUT2D eigenvalue weighted by molar-refractivity contribution is 5.95. The molecule has 0 aliphatic rings. The van der Waals surface area contributed by atoms with Crippen LogP contribution >= 0.6 is 0 Å². The van der Waals surface area contributed by atoms with Gasteiger partial charge in [0.05, 0.1) is 19.8 Å². The summed E-state index contributed by atoms with van der Waals surface area (Å²) in [6, 6.07) is 11.9. The van der Waals surface area contributed by atoms with E-state index < -0.39 is 0 Å². The van der Waals surface area contributed by atoms with Gasteiger partial charge in [0.1, 0.15) is 0 Å². The van der Waals surface area contributed by atoms with Crippen LogP contribution in [-0.2, 0) is 20.7 Å². The van der Waals surface area contributed by atoms with Gasteiger partial charge in [0.2, 0.25) is 6.41 Å². The lowest BCUT2D eigenvalue weighted by Gasteiger charge is -2.13. The van der Waals surface area contributed by atoms with Gasteiger partial charge in [-0.3, -0.25) is 14.5 Å². The van der Waals surface area contributed by atoms with Crippen molar-refractivity contribution in [1.29, 1.82) is 0 Å². The van der Waals surface area contributed by atoms with Crippen molar-refractivity contribution in [2.24, 2.45) is 0 Å². The number of allylic oxidation sites excluding steroid dienone is 1. The van der Waals surface area contributed by atoms with Crippen LogP contribution in [-0.4, -0.2) is 37.0 Å². The maximum absolute atomic E-state index is 11.6. The highest BCUT2D eigenvalue weighted by Gasteiger charge is 2.08. The van der Waals surface area contributed by atoms with Crippen molar-refractivity contribution in [3.8, 4) is 0 Å². The van der Waals surface area contributed by atoms with Crippen LogP contribution in [0.1, 0.15) is 12.5 Å². The Morgan fingerprint density at radius 2 is 1.92 bits per heavy atom. The minimum atomic E-state index is -0.333. The minimum absolute atomic E-state index is 0.245. The summed E-state index contributed by atoms with van der Waals surface area (Å²) in [6.07, 6.45) is 4.23. The summed E-state index contributed by atoms with van der Waals surface area (Å²) in [5.74, 6) is -0.333. The van der Waals surface area contributed by atoms with E-state index in [1.54, 1.807) is 13.0 Å². The lowest BCUT2D eigenvalue weighted by atomic mass is 10.0. The van der Waals surface area contributed by atoms with E-state index in [9.17, 15) is 9.59 Å². The molecule has 0 atom stereocenters. The van der Waals surface area contributed by atoms with Crippen LogP contribution in [0.3, 0.4) is 0 Å². The third-order valence-electron chi connectivity index (χ3n) is 3.76. The number of carbonyl (C=O) groups is 2. The molecule has 5 heteroatoms. The van der Waals surface area contributed by atoms with Gasteiger partial charge in [-0.25, -0.2) is 0 Å². The average molecular weight is 326 g/mol. The number of ether oxygens (including phenoxy) is 1. The first kappa shape index (κ1) is 17.7. The van der Waals surface area contributed by atoms with Gasteiger partial charge in [-0.15, -0.1) is 0 Å². The number of hydrogen-bond donors (Lipinski definition) is 1. The number of carbonyl (C=O) groups excluding carboxylic acids is 2. The summed E-state index contributed by atoms with van der Waals surface area (Å²) in [5, 5.41) is 2.16. The smallest absolute Gasteiger partial charge is 0.252 e. The molecule has 2 aromatic carbocycles. The van der Waals surface area contributed by atoms with Gasteiger partial charge < -0.3 is 10.5 Å². The van der Waals surface area contributed by atoms with Crippen molar-refractivity contribution in [3.63, 3.8) is 0 Å². The van der Waals surface area contributed by atoms with Gasteiger partial charge in [0.15, 0.2) is 0 Å². The van der Waals surface area contributed by atoms with Gasteiger partial charge in [-0.1, -0.05) is 36.4 Å². The number of benzene rings is 2. The van der Waals surface area contributed by atoms with Crippen molar-refractivity contribution in [1.82, 2.24) is 4.90 Å². The first-order valence-electron chi connectivity index (χ1n) is 7.89. The summed E-state index contributed by atoms with van der Waals surface area (Å²) in [4.78, 5) is 23.6. The van der Waals surface area contributed by atoms with E-state index in [0.717, 1.165) is 33.3 Å². The van der Waals surface area contributed by atoms with Gasteiger partial charge >= 0.3 is 0 Å². The second-order valence-electron chi connectivity index (χ2n) is 5.36. The van der Waals surface area contributed by atoms with Crippen LogP contribution in [0.4, 0.5) is 5.69 Å². The van der Waals surface area contributed by atoms with E-state index in [-0.39, 0.29) is 12.5 Å². The fourth-order valence-corrected chi connectivity index (χ4v) is 2.52. The Morgan fingerprint density at radius 1 is 1.17 bits per heavy atom. The zero-order valence-electron chi connectivity index (χ0n) is 13.8. The molecule has 5 nitrogen and oxygen atoms in total.